The van der Waals surface area contributed by atoms with Gasteiger partial charge in [0, 0.05) is 30.7 Å². The van der Waals surface area contributed by atoms with E-state index in [4.69, 9.17) is 5.11 Å². The monoisotopic (exact) mass is 559 g/mol. The molecule has 1 saturated heterocycles. The van der Waals surface area contributed by atoms with Crippen molar-refractivity contribution in [1.29, 1.82) is 0 Å². The average molecular weight is 560 g/mol. The van der Waals surface area contributed by atoms with E-state index >= 15 is 0 Å². The second-order valence-electron chi connectivity index (χ2n) is 8.30. The highest BCUT2D eigenvalue weighted by molar-refractivity contribution is 7.91. The van der Waals surface area contributed by atoms with E-state index < -0.39 is 65.5 Å². The molecule has 0 saturated carbocycles. The van der Waals surface area contributed by atoms with Gasteiger partial charge in [0.25, 0.3) is 10.0 Å². The summed E-state index contributed by atoms with van der Waals surface area (Å²) < 4.78 is 97.7. The Morgan fingerprint density at radius 1 is 0.946 bits per heavy atom. The number of carboxylic acids is 1. The lowest BCUT2D eigenvalue weighted by Crippen LogP contribution is -2.48. The number of halogens is 3. The number of hydrogen-bond donors (Lipinski definition) is 2. The number of likely N-dealkylation sites (tertiary alicyclic amines) is 1. The highest BCUT2D eigenvalue weighted by Crippen LogP contribution is 2.39. The van der Waals surface area contributed by atoms with E-state index in [1.807, 2.05) is 0 Å². The number of carboxylic acid groups (broad SMARTS) is 1. The molecule has 0 radical (unpaired) electrons. The first-order valence-corrected chi connectivity index (χ1v) is 13.7. The van der Waals surface area contributed by atoms with Crippen LogP contribution in [0.25, 0.3) is 10.9 Å². The number of aromatic nitrogens is 1. The zero-order valence-electron chi connectivity index (χ0n) is 18.8. The van der Waals surface area contributed by atoms with Gasteiger partial charge in [-0.3, -0.25) is 4.79 Å². The smallest absolute Gasteiger partial charge is 0.417 e. The van der Waals surface area contributed by atoms with E-state index in [9.17, 15) is 39.6 Å². The van der Waals surface area contributed by atoms with Gasteiger partial charge in [-0.25, -0.2) is 30.3 Å². The van der Waals surface area contributed by atoms with Gasteiger partial charge >= 0.3 is 18.1 Å². The quantitative estimate of drug-likeness (QED) is 0.457. The van der Waals surface area contributed by atoms with E-state index in [-0.39, 0.29) is 30.8 Å². The SMILES string of the molecule is O=C(O)C(=O)N1CCC(NS(=O)(=O)c2cn(S(=O)(=O)c3ccccc3)c3cccc(C(F)(F)F)c23)CC1. The summed E-state index contributed by atoms with van der Waals surface area (Å²) in [4.78, 5) is 22.4. The number of rotatable bonds is 5. The third-order valence-corrected chi connectivity index (χ3v) is 9.16. The fourth-order valence-corrected chi connectivity index (χ4v) is 7.17. The molecule has 37 heavy (non-hydrogen) atoms. The predicted molar refractivity (Wildman–Crippen MR) is 124 cm³/mol. The van der Waals surface area contributed by atoms with Crippen LogP contribution in [0.4, 0.5) is 13.2 Å². The van der Waals surface area contributed by atoms with Crippen LogP contribution in [0.3, 0.4) is 0 Å². The van der Waals surface area contributed by atoms with Crippen molar-refractivity contribution >= 4 is 42.8 Å². The summed E-state index contributed by atoms with van der Waals surface area (Å²) in [5, 5.41) is 8.03. The molecule has 10 nitrogen and oxygen atoms in total. The highest BCUT2D eigenvalue weighted by Gasteiger charge is 2.38. The fourth-order valence-electron chi connectivity index (χ4n) is 4.19. The number of sulfonamides is 1. The van der Waals surface area contributed by atoms with E-state index in [1.54, 1.807) is 6.07 Å². The molecule has 0 bridgehead atoms. The maximum Gasteiger partial charge on any atom is 0.417 e. The molecule has 2 N–H and O–H groups in total. The first-order valence-electron chi connectivity index (χ1n) is 10.8. The molecule has 15 heteroatoms. The lowest BCUT2D eigenvalue weighted by atomic mass is 10.1. The number of nitrogens with one attached hydrogen (secondary N) is 1. The number of carbonyl (C=O) groups excluding carboxylic acids is 1. The van der Waals surface area contributed by atoms with Crippen molar-refractivity contribution in [3.05, 3.63) is 60.3 Å². The Morgan fingerprint density at radius 2 is 1.57 bits per heavy atom. The van der Waals surface area contributed by atoms with Crippen molar-refractivity contribution in [3.63, 3.8) is 0 Å². The normalized spacial score (nSPS) is 15.7. The zero-order valence-corrected chi connectivity index (χ0v) is 20.5. The van der Waals surface area contributed by atoms with Crippen molar-refractivity contribution in [2.24, 2.45) is 0 Å². The maximum atomic E-state index is 13.9. The number of alkyl halides is 3. The van der Waals surface area contributed by atoms with Crippen LogP contribution in [0, 0.1) is 0 Å². The highest BCUT2D eigenvalue weighted by atomic mass is 32.2. The van der Waals surface area contributed by atoms with Crippen molar-refractivity contribution in [2.45, 2.75) is 34.9 Å². The van der Waals surface area contributed by atoms with Crippen LogP contribution in [0.2, 0.25) is 0 Å². The van der Waals surface area contributed by atoms with Crippen LogP contribution in [-0.2, 0) is 35.8 Å². The summed E-state index contributed by atoms with van der Waals surface area (Å²) in [5.41, 5.74) is -1.80. The molecule has 198 valence electrons. The molecule has 0 spiro atoms. The summed E-state index contributed by atoms with van der Waals surface area (Å²) in [6.45, 7) is -0.174. The van der Waals surface area contributed by atoms with E-state index in [1.165, 1.54) is 24.3 Å². The minimum Gasteiger partial charge on any atom is -0.474 e. The molecule has 2 heterocycles. The van der Waals surface area contributed by atoms with Crippen molar-refractivity contribution in [2.75, 3.05) is 13.1 Å². The van der Waals surface area contributed by atoms with Gasteiger partial charge in [0.1, 0.15) is 4.90 Å². The topological polar surface area (TPSA) is 143 Å². The molecule has 0 unspecified atom stereocenters. The number of carbonyl (C=O) groups is 2. The fraction of sp³-hybridized carbons (Fsp3) is 0.273. The number of hydrogen-bond acceptors (Lipinski definition) is 6. The minimum atomic E-state index is -4.99. The van der Waals surface area contributed by atoms with Gasteiger partial charge in [-0.2, -0.15) is 13.2 Å². The van der Waals surface area contributed by atoms with Crippen LogP contribution < -0.4 is 4.72 Å². The summed E-state index contributed by atoms with van der Waals surface area (Å²) in [6.07, 6.45) is -4.33. The molecule has 2 aromatic carbocycles. The summed E-state index contributed by atoms with van der Waals surface area (Å²) in [6, 6.07) is 8.74. The molecule has 1 fully saturated rings. The van der Waals surface area contributed by atoms with E-state index in [2.05, 4.69) is 4.72 Å². The average Bonchev–Trinajstić information content (AvgIpc) is 3.25. The van der Waals surface area contributed by atoms with Crippen molar-refractivity contribution in [1.82, 2.24) is 13.6 Å². The molecule has 1 amide bonds. The number of fused-ring (bicyclic) bond motifs is 1. The van der Waals surface area contributed by atoms with Gasteiger partial charge < -0.3 is 10.0 Å². The Kier molecular flexibility index (Phi) is 6.81. The lowest BCUT2D eigenvalue weighted by Gasteiger charge is -2.31. The lowest BCUT2D eigenvalue weighted by molar-refractivity contribution is -0.156. The van der Waals surface area contributed by atoms with E-state index in [0.717, 1.165) is 17.0 Å². The Labute approximate surface area is 209 Å². The van der Waals surface area contributed by atoms with Gasteiger partial charge in [-0.15, -0.1) is 0 Å². The maximum absolute atomic E-state index is 13.9. The van der Waals surface area contributed by atoms with Gasteiger partial charge in [-0.1, -0.05) is 24.3 Å². The molecule has 1 aromatic heterocycles. The van der Waals surface area contributed by atoms with Crippen molar-refractivity contribution in [3.8, 4) is 0 Å². The first-order chi connectivity index (χ1) is 17.2. The molecular weight excluding hydrogens is 539 g/mol. The summed E-state index contributed by atoms with van der Waals surface area (Å²) >= 11 is 0. The minimum absolute atomic E-state index is 0.00529. The third-order valence-electron chi connectivity index (χ3n) is 5.94. The number of nitrogens with zero attached hydrogens (tertiary/aromatic N) is 2. The number of amides is 1. The van der Waals surface area contributed by atoms with Gasteiger partial charge in [-0.05, 0) is 37.1 Å². The Morgan fingerprint density at radius 3 is 2.14 bits per heavy atom. The third kappa shape index (κ3) is 5.06. The van der Waals surface area contributed by atoms with Crippen molar-refractivity contribution < 1.29 is 44.7 Å². The van der Waals surface area contributed by atoms with Crippen LogP contribution >= 0.6 is 0 Å². The van der Waals surface area contributed by atoms with Crippen LogP contribution in [0.5, 0.6) is 0 Å². The largest absolute Gasteiger partial charge is 0.474 e. The van der Waals surface area contributed by atoms with Crippen LogP contribution in [0.15, 0.2) is 64.5 Å². The Hall–Kier alpha value is -3.43. The second-order valence-corrected chi connectivity index (χ2v) is 11.8. The standard InChI is InChI=1S/C22H20F3N3O7S2/c23-22(24,25)16-7-4-8-17-19(16)18(13-28(17)37(34,35)15-5-2-1-3-6-15)36(32,33)26-14-9-11-27(12-10-14)20(29)21(30)31/h1-8,13-14,26H,9-12H2,(H,30,31). The molecule has 0 aliphatic carbocycles. The Bertz CT molecular complexity index is 1580. The second kappa shape index (κ2) is 9.46. The van der Waals surface area contributed by atoms with Crippen LogP contribution in [-0.4, -0.2) is 61.8 Å². The summed E-state index contributed by atoms with van der Waals surface area (Å²) in [7, 11) is -9.17. The van der Waals surface area contributed by atoms with Gasteiger partial charge in [0.2, 0.25) is 10.0 Å². The number of piperidine rings is 1. The first kappa shape index (κ1) is 26.6. The predicted octanol–water partition coefficient (Wildman–Crippen LogP) is 2.25. The Balaban J connectivity index is 1.79. The van der Waals surface area contributed by atoms with Crippen LogP contribution in [0.1, 0.15) is 18.4 Å². The number of benzene rings is 2. The summed E-state index contributed by atoms with van der Waals surface area (Å²) in [5.74, 6) is -2.81. The zero-order chi connectivity index (χ0) is 27.2. The molecule has 4 rings (SSSR count). The molecule has 3 aromatic rings. The molecule has 1 aliphatic rings. The van der Waals surface area contributed by atoms with Gasteiger partial charge in [0.15, 0.2) is 0 Å². The van der Waals surface area contributed by atoms with Gasteiger partial charge in [0.05, 0.1) is 16.0 Å². The molecule has 0 atom stereocenters. The molecular formula is C22H20F3N3O7S2. The van der Waals surface area contributed by atoms with E-state index in [0.29, 0.717) is 16.2 Å². The molecule has 1 aliphatic heterocycles. The number of aliphatic carboxylic acids is 1.